The van der Waals surface area contributed by atoms with Gasteiger partial charge in [0.1, 0.15) is 5.92 Å². The Morgan fingerprint density at radius 2 is 1.38 bits per heavy atom. The van der Waals surface area contributed by atoms with Crippen LogP contribution in [0.1, 0.15) is 44.2 Å². The SMILES string of the molecule is CC[N+](CC)(CC)CCCOC(=O)C1c2ccccc2-c2ccccc21. The van der Waals surface area contributed by atoms with Gasteiger partial charge in [0.15, 0.2) is 0 Å². The molecule has 2 aromatic carbocycles. The van der Waals surface area contributed by atoms with E-state index in [4.69, 9.17) is 4.74 Å². The van der Waals surface area contributed by atoms with Crippen LogP contribution < -0.4 is 0 Å². The summed E-state index contributed by atoms with van der Waals surface area (Å²) in [5.41, 5.74) is 4.45. The zero-order valence-corrected chi connectivity index (χ0v) is 16.2. The molecule has 0 amide bonds. The maximum Gasteiger partial charge on any atom is 0.317 e. The van der Waals surface area contributed by atoms with Crippen molar-refractivity contribution in [3.8, 4) is 11.1 Å². The maximum absolute atomic E-state index is 12.9. The summed E-state index contributed by atoms with van der Waals surface area (Å²) in [4.78, 5) is 12.9. The lowest BCUT2D eigenvalue weighted by Gasteiger charge is -2.35. The monoisotopic (exact) mass is 352 g/mol. The van der Waals surface area contributed by atoms with Gasteiger partial charge in [0, 0.05) is 6.42 Å². The molecule has 0 aromatic heterocycles. The van der Waals surface area contributed by atoms with E-state index in [1.165, 1.54) is 0 Å². The minimum atomic E-state index is -0.287. The second-order valence-electron chi connectivity index (χ2n) is 7.14. The lowest BCUT2D eigenvalue weighted by molar-refractivity contribution is -0.923. The van der Waals surface area contributed by atoms with Crippen molar-refractivity contribution in [1.82, 2.24) is 0 Å². The third-order valence-corrected chi connectivity index (χ3v) is 6.10. The Morgan fingerprint density at radius 3 is 1.88 bits per heavy atom. The van der Waals surface area contributed by atoms with Crippen molar-refractivity contribution in [3.05, 3.63) is 59.7 Å². The van der Waals surface area contributed by atoms with Gasteiger partial charge in [-0.1, -0.05) is 48.5 Å². The molecule has 0 bridgehead atoms. The molecule has 0 aliphatic heterocycles. The van der Waals surface area contributed by atoms with Crippen LogP contribution in [0.2, 0.25) is 0 Å². The van der Waals surface area contributed by atoms with E-state index in [0.29, 0.717) is 6.61 Å². The van der Waals surface area contributed by atoms with Crippen LogP contribution in [-0.4, -0.2) is 43.2 Å². The number of nitrogens with zero attached hydrogens (tertiary/aromatic N) is 1. The number of fused-ring (bicyclic) bond motifs is 3. The normalized spacial score (nSPS) is 13.3. The summed E-state index contributed by atoms with van der Waals surface area (Å²) in [6.45, 7) is 11.7. The number of carbonyl (C=O) groups is 1. The van der Waals surface area contributed by atoms with E-state index in [-0.39, 0.29) is 11.9 Å². The highest BCUT2D eigenvalue weighted by Gasteiger charge is 2.34. The van der Waals surface area contributed by atoms with Gasteiger partial charge in [-0.3, -0.25) is 4.79 Å². The van der Waals surface area contributed by atoms with Gasteiger partial charge >= 0.3 is 5.97 Å². The standard InChI is InChI=1S/C23H30NO2/c1-4-24(5-2,6-3)16-11-17-26-23(25)22-20-14-9-7-12-18(20)19-13-8-10-15-21(19)22/h7-10,12-15,22H,4-6,11,16-17H2,1-3H3/q+1. The Kier molecular flexibility index (Phi) is 5.77. The van der Waals surface area contributed by atoms with E-state index in [9.17, 15) is 4.79 Å². The summed E-state index contributed by atoms with van der Waals surface area (Å²) in [6.07, 6.45) is 0.914. The largest absolute Gasteiger partial charge is 0.465 e. The maximum atomic E-state index is 12.9. The molecule has 3 nitrogen and oxygen atoms in total. The first kappa shape index (κ1) is 18.7. The Labute approximate surface area is 157 Å². The van der Waals surface area contributed by atoms with Crippen LogP contribution in [0.4, 0.5) is 0 Å². The zero-order valence-electron chi connectivity index (χ0n) is 16.2. The van der Waals surface area contributed by atoms with E-state index in [1.54, 1.807) is 0 Å². The number of carbonyl (C=O) groups excluding carboxylic acids is 1. The van der Waals surface area contributed by atoms with Crippen LogP contribution in [0.25, 0.3) is 11.1 Å². The summed E-state index contributed by atoms with van der Waals surface area (Å²) >= 11 is 0. The molecule has 0 atom stereocenters. The molecule has 0 saturated carbocycles. The third kappa shape index (κ3) is 3.41. The second-order valence-corrected chi connectivity index (χ2v) is 7.14. The zero-order chi connectivity index (χ0) is 18.6. The van der Waals surface area contributed by atoms with E-state index in [2.05, 4.69) is 45.0 Å². The molecule has 26 heavy (non-hydrogen) atoms. The first-order chi connectivity index (χ1) is 12.7. The average molecular weight is 352 g/mol. The molecule has 0 spiro atoms. The van der Waals surface area contributed by atoms with Crippen molar-refractivity contribution in [1.29, 1.82) is 0 Å². The Hall–Kier alpha value is -2.13. The number of hydrogen-bond donors (Lipinski definition) is 0. The van der Waals surface area contributed by atoms with E-state index in [1.807, 2.05) is 24.3 Å². The molecule has 1 aliphatic carbocycles. The first-order valence-corrected chi connectivity index (χ1v) is 9.85. The molecule has 1 aliphatic rings. The average Bonchev–Trinajstić information content (AvgIpc) is 3.03. The third-order valence-electron chi connectivity index (χ3n) is 6.10. The fourth-order valence-corrected chi connectivity index (χ4v) is 4.21. The van der Waals surface area contributed by atoms with Crippen molar-refractivity contribution in [3.63, 3.8) is 0 Å². The summed E-state index contributed by atoms with van der Waals surface area (Å²) in [7, 11) is 0. The molecular weight excluding hydrogens is 322 g/mol. The van der Waals surface area contributed by atoms with E-state index in [0.717, 1.165) is 59.3 Å². The van der Waals surface area contributed by atoms with E-state index >= 15 is 0 Å². The van der Waals surface area contributed by atoms with Crippen LogP contribution in [0.3, 0.4) is 0 Å². The topological polar surface area (TPSA) is 26.3 Å². The smallest absolute Gasteiger partial charge is 0.317 e. The predicted octanol–water partition coefficient (Wildman–Crippen LogP) is 4.61. The highest BCUT2D eigenvalue weighted by atomic mass is 16.5. The Morgan fingerprint density at radius 1 is 0.885 bits per heavy atom. The molecule has 0 N–H and O–H groups in total. The first-order valence-electron chi connectivity index (χ1n) is 9.85. The lowest BCUT2D eigenvalue weighted by Crippen LogP contribution is -2.48. The molecular formula is C23H30NO2+. The number of ether oxygens (including phenoxy) is 1. The minimum absolute atomic E-state index is 0.120. The second kappa shape index (κ2) is 8.05. The van der Waals surface area contributed by atoms with Crippen molar-refractivity contribution < 1.29 is 14.0 Å². The van der Waals surface area contributed by atoms with Crippen LogP contribution in [0.5, 0.6) is 0 Å². The number of esters is 1. The predicted molar refractivity (Wildman–Crippen MR) is 106 cm³/mol. The van der Waals surface area contributed by atoms with Gasteiger partial charge in [-0.05, 0) is 43.0 Å². The number of benzene rings is 2. The van der Waals surface area contributed by atoms with Crippen molar-refractivity contribution in [2.24, 2.45) is 0 Å². The molecule has 0 radical (unpaired) electrons. The quantitative estimate of drug-likeness (QED) is 0.394. The van der Waals surface area contributed by atoms with Gasteiger partial charge in [-0.15, -0.1) is 0 Å². The van der Waals surface area contributed by atoms with Crippen molar-refractivity contribution >= 4 is 5.97 Å². The molecule has 0 fully saturated rings. The fraction of sp³-hybridized carbons (Fsp3) is 0.435. The molecule has 2 aromatic rings. The fourth-order valence-electron chi connectivity index (χ4n) is 4.21. The molecule has 0 heterocycles. The highest BCUT2D eigenvalue weighted by Crippen LogP contribution is 2.44. The summed E-state index contributed by atoms with van der Waals surface area (Å²) in [5, 5.41) is 0. The number of quaternary nitrogens is 1. The van der Waals surface area contributed by atoms with Crippen molar-refractivity contribution in [2.45, 2.75) is 33.1 Å². The van der Waals surface area contributed by atoms with Gasteiger partial charge < -0.3 is 9.22 Å². The Balaban J connectivity index is 1.67. The molecule has 0 unspecified atom stereocenters. The molecule has 0 saturated heterocycles. The van der Waals surface area contributed by atoms with Gasteiger partial charge in [0.2, 0.25) is 0 Å². The van der Waals surface area contributed by atoms with Gasteiger partial charge in [-0.25, -0.2) is 0 Å². The van der Waals surface area contributed by atoms with Crippen LogP contribution in [-0.2, 0) is 9.53 Å². The van der Waals surface area contributed by atoms with Crippen LogP contribution >= 0.6 is 0 Å². The molecule has 3 rings (SSSR count). The van der Waals surface area contributed by atoms with E-state index < -0.39 is 0 Å². The summed E-state index contributed by atoms with van der Waals surface area (Å²) in [6, 6.07) is 16.3. The van der Waals surface area contributed by atoms with Gasteiger partial charge in [0.25, 0.3) is 0 Å². The minimum Gasteiger partial charge on any atom is -0.465 e. The van der Waals surface area contributed by atoms with Gasteiger partial charge in [-0.2, -0.15) is 0 Å². The number of hydrogen-bond acceptors (Lipinski definition) is 2. The van der Waals surface area contributed by atoms with Crippen LogP contribution in [0, 0.1) is 0 Å². The van der Waals surface area contributed by atoms with Crippen molar-refractivity contribution in [2.75, 3.05) is 32.8 Å². The highest BCUT2D eigenvalue weighted by molar-refractivity contribution is 5.93. The summed E-state index contributed by atoms with van der Waals surface area (Å²) < 4.78 is 6.81. The van der Waals surface area contributed by atoms with Gasteiger partial charge in [0.05, 0.1) is 32.8 Å². The van der Waals surface area contributed by atoms with Crippen LogP contribution in [0.15, 0.2) is 48.5 Å². The summed E-state index contributed by atoms with van der Waals surface area (Å²) in [5.74, 6) is -0.407. The number of rotatable bonds is 8. The molecule has 3 heteroatoms. The lowest BCUT2D eigenvalue weighted by atomic mass is 9.97. The molecule has 138 valence electrons. The Bertz CT molecular complexity index is 711.